The molecule has 1 heterocycles. The van der Waals surface area contributed by atoms with Gasteiger partial charge in [0.25, 0.3) is 0 Å². The highest BCUT2D eigenvalue weighted by molar-refractivity contribution is 5.82. The Labute approximate surface area is 116 Å². The van der Waals surface area contributed by atoms with Crippen LogP contribution in [0.1, 0.15) is 33.6 Å². The summed E-state index contributed by atoms with van der Waals surface area (Å²) >= 11 is 0. The quantitative estimate of drug-likeness (QED) is 0.748. The van der Waals surface area contributed by atoms with Crippen molar-refractivity contribution in [2.75, 3.05) is 19.7 Å². The number of rotatable bonds is 4. The van der Waals surface area contributed by atoms with E-state index in [4.69, 9.17) is 4.74 Å². The van der Waals surface area contributed by atoms with Crippen LogP contribution in [0.2, 0.25) is 0 Å². The molecular weight excluding hydrogens is 275 g/mol. The lowest BCUT2D eigenvalue weighted by Crippen LogP contribution is -2.42. The highest BCUT2D eigenvalue weighted by atomic mass is 19.4. The Bertz CT molecular complexity index is 382. The van der Waals surface area contributed by atoms with Gasteiger partial charge in [0.2, 0.25) is 5.91 Å². The number of hydrogen-bond donors (Lipinski definition) is 0. The summed E-state index contributed by atoms with van der Waals surface area (Å²) in [7, 11) is 0. The van der Waals surface area contributed by atoms with E-state index >= 15 is 0 Å². The van der Waals surface area contributed by atoms with Crippen molar-refractivity contribution >= 4 is 11.9 Å². The Morgan fingerprint density at radius 2 is 1.95 bits per heavy atom. The lowest BCUT2D eigenvalue weighted by atomic mass is 9.76. The van der Waals surface area contributed by atoms with Crippen LogP contribution in [0.15, 0.2) is 0 Å². The average Bonchev–Trinajstić information content (AvgIpc) is 2.73. The predicted molar refractivity (Wildman–Crippen MR) is 65.8 cm³/mol. The van der Waals surface area contributed by atoms with Gasteiger partial charge in [-0.25, -0.2) is 0 Å². The molecule has 1 rings (SSSR count). The van der Waals surface area contributed by atoms with Crippen LogP contribution < -0.4 is 0 Å². The molecule has 0 saturated carbocycles. The van der Waals surface area contributed by atoms with Crippen LogP contribution >= 0.6 is 0 Å². The fraction of sp³-hybridized carbons (Fsp3) is 0.846. The molecule has 1 fully saturated rings. The Hall–Kier alpha value is -1.27. The zero-order chi connectivity index (χ0) is 15.6. The largest absolute Gasteiger partial charge is 0.466 e. The van der Waals surface area contributed by atoms with E-state index in [0.717, 1.165) is 4.90 Å². The minimum absolute atomic E-state index is 0.00157. The molecule has 0 aromatic heterocycles. The Morgan fingerprint density at radius 3 is 2.40 bits per heavy atom. The minimum Gasteiger partial charge on any atom is -0.466 e. The molecule has 1 aliphatic rings. The summed E-state index contributed by atoms with van der Waals surface area (Å²) < 4.78 is 41.8. The predicted octanol–water partition coefficient (Wildman–Crippen LogP) is 2.38. The van der Waals surface area contributed by atoms with Gasteiger partial charge >= 0.3 is 12.1 Å². The maximum absolute atomic E-state index is 12.3. The second-order valence-corrected chi connectivity index (χ2v) is 5.39. The standard InChI is InChI=1S/C13H20F3NO3/c1-4-20-11(19)12(9(2)3)5-6-17(8-12)10(18)7-13(14,15)16/h9H,4-8H2,1-3H3/t12-/m1/s1. The molecule has 0 aromatic carbocycles. The molecule has 1 amide bonds. The SMILES string of the molecule is CCOC(=O)[C@]1(C(C)C)CCN(C(=O)CC(F)(F)F)C1. The van der Waals surface area contributed by atoms with Gasteiger partial charge in [0.1, 0.15) is 6.42 Å². The van der Waals surface area contributed by atoms with Crippen molar-refractivity contribution in [1.82, 2.24) is 4.90 Å². The first-order valence-electron chi connectivity index (χ1n) is 6.64. The Balaban J connectivity index is 2.80. The Morgan fingerprint density at radius 1 is 1.35 bits per heavy atom. The van der Waals surface area contributed by atoms with Crippen molar-refractivity contribution in [2.24, 2.45) is 11.3 Å². The molecule has 7 heteroatoms. The molecule has 0 N–H and O–H groups in total. The number of nitrogens with zero attached hydrogens (tertiary/aromatic N) is 1. The van der Waals surface area contributed by atoms with E-state index in [2.05, 4.69) is 0 Å². The van der Waals surface area contributed by atoms with Crippen molar-refractivity contribution in [3.63, 3.8) is 0 Å². The second-order valence-electron chi connectivity index (χ2n) is 5.39. The smallest absolute Gasteiger partial charge is 0.397 e. The van der Waals surface area contributed by atoms with Gasteiger partial charge in [-0.15, -0.1) is 0 Å². The maximum atomic E-state index is 12.3. The number of ether oxygens (including phenoxy) is 1. The van der Waals surface area contributed by atoms with Crippen LogP contribution in [-0.4, -0.2) is 42.6 Å². The first-order valence-corrected chi connectivity index (χ1v) is 6.64. The third-order valence-electron chi connectivity index (χ3n) is 3.79. The van der Waals surface area contributed by atoms with Crippen molar-refractivity contribution in [2.45, 2.75) is 39.8 Å². The van der Waals surface area contributed by atoms with Gasteiger partial charge in [-0.1, -0.05) is 13.8 Å². The third kappa shape index (κ3) is 3.64. The summed E-state index contributed by atoms with van der Waals surface area (Å²) in [5.41, 5.74) is -0.892. The number of carbonyl (C=O) groups excluding carboxylic acids is 2. The van der Waals surface area contributed by atoms with Crippen LogP contribution in [0.5, 0.6) is 0 Å². The van der Waals surface area contributed by atoms with Crippen LogP contribution in [0, 0.1) is 11.3 Å². The number of esters is 1. The monoisotopic (exact) mass is 295 g/mol. The zero-order valence-electron chi connectivity index (χ0n) is 11.9. The lowest BCUT2D eigenvalue weighted by molar-refractivity contribution is -0.162. The molecule has 20 heavy (non-hydrogen) atoms. The topological polar surface area (TPSA) is 46.6 Å². The van der Waals surface area contributed by atoms with E-state index in [1.54, 1.807) is 6.92 Å². The highest BCUT2D eigenvalue weighted by Crippen LogP contribution is 2.39. The molecule has 4 nitrogen and oxygen atoms in total. The first-order chi connectivity index (χ1) is 9.12. The molecule has 0 unspecified atom stereocenters. The molecule has 0 aliphatic carbocycles. The first kappa shape index (κ1) is 16.8. The van der Waals surface area contributed by atoms with Crippen molar-refractivity contribution in [3.05, 3.63) is 0 Å². The summed E-state index contributed by atoms with van der Waals surface area (Å²) in [5, 5.41) is 0. The lowest BCUT2D eigenvalue weighted by Gasteiger charge is -2.30. The summed E-state index contributed by atoms with van der Waals surface area (Å²) in [5.74, 6) is -1.52. The van der Waals surface area contributed by atoms with E-state index in [1.807, 2.05) is 13.8 Å². The van der Waals surface area contributed by atoms with Crippen molar-refractivity contribution in [1.29, 1.82) is 0 Å². The molecule has 116 valence electrons. The average molecular weight is 295 g/mol. The molecule has 1 saturated heterocycles. The van der Waals surface area contributed by atoms with Crippen molar-refractivity contribution in [3.8, 4) is 0 Å². The summed E-state index contributed by atoms with van der Waals surface area (Å²) in [6.45, 7) is 5.67. The van der Waals surface area contributed by atoms with Crippen LogP contribution in [0.3, 0.4) is 0 Å². The van der Waals surface area contributed by atoms with Gasteiger partial charge in [-0.2, -0.15) is 13.2 Å². The van der Waals surface area contributed by atoms with Gasteiger partial charge in [0.05, 0.1) is 12.0 Å². The number of alkyl halides is 3. The van der Waals surface area contributed by atoms with Gasteiger partial charge in [-0.3, -0.25) is 9.59 Å². The van der Waals surface area contributed by atoms with Crippen molar-refractivity contribution < 1.29 is 27.5 Å². The molecule has 1 aliphatic heterocycles. The molecule has 1 atom stereocenters. The van der Waals surface area contributed by atoms with Crippen LogP contribution in [0.25, 0.3) is 0 Å². The number of likely N-dealkylation sites (tertiary alicyclic amines) is 1. The Kier molecular flexibility index (Phi) is 5.05. The molecule has 0 radical (unpaired) electrons. The molecule has 0 aromatic rings. The number of carbonyl (C=O) groups is 2. The second kappa shape index (κ2) is 6.01. The number of amides is 1. The highest BCUT2D eigenvalue weighted by Gasteiger charge is 2.50. The molecule has 0 bridgehead atoms. The third-order valence-corrected chi connectivity index (χ3v) is 3.79. The van der Waals surface area contributed by atoms with Crippen LogP contribution in [0.4, 0.5) is 13.2 Å². The number of hydrogen-bond acceptors (Lipinski definition) is 3. The van der Waals surface area contributed by atoms with E-state index in [0.29, 0.717) is 6.42 Å². The minimum atomic E-state index is -4.52. The molecule has 0 spiro atoms. The molecular formula is C13H20F3NO3. The van der Waals surface area contributed by atoms with E-state index in [1.165, 1.54) is 0 Å². The summed E-state index contributed by atoms with van der Waals surface area (Å²) in [6.07, 6.45) is -5.67. The normalized spacial score (nSPS) is 23.2. The fourth-order valence-electron chi connectivity index (χ4n) is 2.48. The summed E-state index contributed by atoms with van der Waals surface area (Å²) in [4.78, 5) is 24.8. The van der Waals surface area contributed by atoms with Gasteiger partial charge < -0.3 is 9.64 Å². The van der Waals surface area contributed by atoms with Gasteiger partial charge in [0, 0.05) is 13.1 Å². The fourth-order valence-corrected chi connectivity index (χ4v) is 2.48. The van der Waals surface area contributed by atoms with E-state index < -0.39 is 29.9 Å². The van der Waals surface area contributed by atoms with Gasteiger partial charge in [-0.05, 0) is 19.3 Å². The van der Waals surface area contributed by atoms with Gasteiger partial charge in [0.15, 0.2) is 0 Å². The van der Waals surface area contributed by atoms with Crippen LogP contribution in [-0.2, 0) is 14.3 Å². The van der Waals surface area contributed by atoms with E-state index in [9.17, 15) is 22.8 Å². The zero-order valence-corrected chi connectivity index (χ0v) is 11.9. The number of halogens is 3. The summed E-state index contributed by atoms with van der Waals surface area (Å²) in [6, 6.07) is 0. The van der Waals surface area contributed by atoms with E-state index in [-0.39, 0.29) is 25.6 Å². The maximum Gasteiger partial charge on any atom is 0.397 e.